The van der Waals surface area contributed by atoms with Crippen LogP contribution in [0, 0.1) is 5.92 Å². The summed E-state index contributed by atoms with van der Waals surface area (Å²) in [6, 6.07) is 28.6. The van der Waals surface area contributed by atoms with Crippen molar-refractivity contribution in [2.75, 3.05) is 0 Å². The molecule has 0 N–H and O–H groups in total. The molecule has 0 aliphatic rings. The van der Waals surface area contributed by atoms with Crippen LogP contribution in [0.1, 0.15) is 32.3 Å². The lowest BCUT2D eigenvalue weighted by molar-refractivity contribution is 0.535. The van der Waals surface area contributed by atoms with E-state index in [0.717, 1.165) is 5.69 Å². The van der Waals surface area contributed by atoms with Crippen LogP contribution in [-0.4, -0.2) is 4.98 Å². The molecule has 1 unspecified atom stereocenters. The van der Waals surface area contributed by atoms with Gasteiger partial charge in [-0.2, -0.15) is 0 Å². The summed E-state index contributed by atoms with van der Waals surface area (Å²) in [4.78, 5) is 4.68. The lowest BCUT2D eigenvalue weighted by Crippen LogP contribution is -2.02. The number of pyridine rings is 1. The third-order valence-electron chi connectivity index (χ3n) is 6.18. The van der Waals surface area contributed by atoms with Crippen LogP contribution >= 0.6 is 11.3 Å². The standard InChI is InChI=1S/C28H25NS/c1-18(2)19(3)21-13-14-29-26(16-21)23-10-12-27-25(15-23)24-11-9-22(17-28(24)30-27)20-7-5-4-6-8-20/h4-19H,1-3H3. The molecule has 0 radical (unpaired) electrons. The maximum Gasteiger partial charge on any atom is 0.0705 e. The van der Waals surface area contributed by atoms with Gasteiger partial charge in [0, 0.05) is 31.9 Å². The molecule has 0 fully saturated rings. The van der Waals surface area contributed by atoms with Gasteiger partial charge in [-0.05, 0) is 58.9 Å². The molecule has 0 saturated heterocycles. The highest BCUT2D eigenvalue weighted by molar-refractivity contribution is 7.25. The first kappa shape index (κ1) is 19.0. The summed E-state index contributed by atoms with van der Waals surface area (Å²) in [5.74, 6) is 1.14. The zero-order chi connectivity index (χ0) is 20.7. The Morgan fingerprint density at radius 3 is 2.27 bits per heavy atom. The molecular weight excluding hydrogens is 382 g/mol. The zero-order valence-electron chi connectivity index (χ0n) is 17.6. The summed E-state index contributed by atoms with van der Waals surface area (Å²) >= 11 is 1.87. The largest absolute Gasteiger partial charge is 0.256 e. The number of hydrogen-bond donors (Lipinski definition) is 0. The van der Waals surface area contributed by atoms with Gasteiger partial charge in [0.1, 0.15) is 0 Å². The molecule has 30 heavy (non-hydrogen) atoms. The molecule has 1 nitrogen and oxygen atoms in total. The number of benzene rings is 3. The van der Waals surface area contributed by atoms with Crippen LogP contribution in [0.15, 0.2) is 85.1 Å². The van der Waals surface area contributed by atoms with Crippen molar-refractivity contribution in [3.8, 4) is 22.4 Å². The molecule has 0 bridgehead atoms. The fourth-order valence-electron chi connectivity index (χ4n) is 4.02. The minimum Gasteiger partial charge on any atom is -0.256 e. The van der Waals surface area contributed by atoms with Crippen molar-refractivity contribution < 1.29 is 0 Å². The monoisotopic (exact) mass is 407 g/mol. The normalized spacial score (nSPS) is 12.7. The topological polar surface area (TPSA) is 12.9 Å². The maximum atomic E-state index is 4.68. The summed E-state index contributed by atoms with van der Waals surface area (Å²) in [7, 11) is 0. The fourth-order valence-corrected chi connectivity index (χ4v) is 5.15. The summed E-state index contributed by atoms with van der Waals surface area (Å²) in [5.41, 5.74) is 6.14. The first-order valence-corrected chi connectivity index (χ1v) is 11.4. The van der Waals surface area contributed by atoms with E-state index in [-0.39, 0.29) is 0 Å². The summed E-state index contributed by atoms with van der Waals surface area (Å²) < 4.78 is 2.66. The van der Waals surface area contributed by atoms with Crippen molar-refractivity contribution in [1.29, 1.82) is 0 Å². The van der Waals surface area contributed by atoms with Crippen LogP contribution < -0.4 is 0 Å². The maximum absolute atomic E-state index is 4.68. The van der Waals surface area contributed by atoms with Crippen molar-refractivity contribution in [3.63, 3.8) is 0 Å². The molecule has 0 aliphatic carbocycles. The lowest BCUT2D eigenvalue weighted by atomic mass is 9.90. The number of hydrogen-bond acceptors (Lipinski definition) is 2. The van der Waals surface area contributed by atoms with Gasteiger partial charge in [0.25, 0.3) is 0 Å². The average Bonchev–Trinajstić information content (AvgIpc) is 3.16. The van der Waals surface area contributed by atoms with Crippen LogP contribution in [0.5, 0.6) is 0 Å². The zero-order valence-corrected chi connectivity index (χ0v) is 18.4. The highest BCUT2D eigenvalue weighted by atomic mass is 32.1. The SMILES string of the molecule is CC(C)C(C)c1ccnc(-c2ccc3sc4cc(-c5ccccc5)ccc4c3c2)c1. The predicted octanol–water partition coefficient (Wildman–Crippen LogP) is 8.54. The second-order valence-corrected chi connectivity index (χ2v) is 9.48. The Bertz CT molecular complexity index is 1330. The van der Waals surface area contributed by atoms with Gasteiger partial charge in [0.15, 0.2) is 0 Å². The number of fused-ring (bicyclic) bond motifs is 3. The molecule has 2 aromatic heterocycles. The third-order valence-corrected chi connectivity index (χ3v) is 7.32. The molecule has 5 rings (SSSR count). The summed E-state index contributed by atoms with van der Waals surface area (Å²) in [5, 5.41) is 2.64. The van der Waals surface area contributed by atoms with Crippen molar-refractivity contribution in [2.45, 2.75) is 26.7 Å². The van der Waals surface area contributed by atoms with Crippen LogP contribution in [0.2, 0.25) is 0 Å². The Hall–Kier alpha value is -2.97. The molecule has 148 valence electrons. The van der Waals surface area contributed by atoms with Crippen LogP contribution in [-0.2, 0) is 0 Å². The molecule has 2 heteroatoms. The number of rotatable bonds is 4. The molecule has 0 amide bonds. The Balaban J connectivity index is 1.59. The second kappa shape index (κ2) is 7.70. The van der Waals surface area contributed by atoms with E-state index < -0.39 is 0 Å². The lowest BCUT2D eigenvalue weighted by Gasteiger charge is -2.16. The molecular formula is C28H25NS. The number of nitrogens with zero attached hydrogens (tertiary/aromatic N) is 1. The third kappa shape index (κ3) is 3.42. The van der Waals surface area contributed by atoms with Crippen LogP contribution in [0.3, 0.4) is 0 Å². The van der Waals surface area contributed by atoms with Gasteiger partial charge >= 0.3 is 0 Å². The highest BCUT2D eigenvalue weighted by Crippen LogP contribution is 2.38. The molecule has 1 atom stereocenters. The Morgan fingerprint density at radius 2 is 1.47 bits per heavy atom. The fraction of sp³-hybridized carbons (Fsp3) is 0.179. The van der Waals surface area contributed by atoms with Gasteiger partial charge < -0.3 is 0 Å². The molecule has 2 heterocycles. The van der Waals surface area contributed by atoms with Gasteiger partial charge in [-0.15, -0.1) is 11.3 Å². The van der Waals surface area contributed by atoms with E-state index in [1.54, 1.807) is 0 Å². The van der Waals surface area contributed by atoms with Gasteiger partial charge in [-0.1, -0.05) is 69.3 Å². The highest BCUT2D eigenvalue weighted by Gasteiger charge is 2.13. The van der Waals surface area contributed by atoms with E-state index in [0.29, 0.717) is 11.8 Å². The van der Waals surface area contributed by atoms with Crippen molar-refractivity contribution in [3.05, 3.63) is 90.6 Å². The van der Waals surface area contributed by atoms with E-state index in [2.05, 4.69) is 105 Å². The Labute approximate surface area is 182 Å². The van der Waals surface area contributed by atoms with Crippen molar-refractivity contribution in [2.24, 2.45) is 5.92 Å². The van der Waals surface area contributed by atoms with E-state index >= 15 is 0 Å². The molecule has 0 saturated carbocycles. The molecule has 0 aliphatic heterocycles. The number of thiophene rings is 1. The minimum atomic E-state index is 0.522. The molecule has 5 aromatic rings. The Kier molecular flexibility index (Phi) is 4.88. The van der Waals surface area contributed by atoms with Crippen LogP contribution in [0.4, 0.5) is 0 Å². The average molecular weight is 408 g/mol. The first-order valence-electron chi connectivity index (χ1n) is 10.6. The molecule has 3 aromatic carbocycles. The second-order valence-electron chi connectivity index (χ2n) is 8.40. The van der Waals surface area contributed by atoms with Gasteiger partial charge in [-0.25, -0.2) is 0 Å². The van der Waals surface area contributed by atoms with Crippen LogP contribution in [0.25, 0.3) is 42.6 Å². The predicted molar refractivity (Wildman–Crippen MR) is 131 cm³/mol. The summed E-state index contributed by atoms with van der Waals surface area (Å²) in [6.45, 7) is 6.85. The van der Waals surface area contributed by atoms with Crippen molar-refractivity contribution in [1.82, 2.24) is 4.98 Å². The van der Waals surface area contributed by atoms with Gasteiger partial charge in [-0.3, -0.25) is 4.98 Å². The minimum absolute atomic E-state index is 0.522. The van der Waals surface area contributed by atoms with Gasteiger partial charge in [0.2, 0.25) is 0 Å². The van der Waals surface area contributed by atoms with E-state index in [9.17, 15) is 0 Å². The summed E-state index contributed by atoms with van der Waals surface area (Å²) in [6.07, 6.45) is 1.95. The van der Waals surface area contributed by atoms with Crippen molar-refractivity contribution >= 4 is 31.5 Å². The van der Waals surface area contributed by atoms with Gasteiger partial charge in [0.05, 0.1) is 5.69 Å². The Morgan fingerprint density at radius 1 is 0.667 bits per heavy atom. The van der Waals surface area contributed by atoms with E-state index in [4.69, 9.17) is 0 Å². The smallest absolute Gasteiger partial charge is 0.0705 e. The van der Waals surface area contributed by atoms with E-state index in [1.807, 2.05) is 17.5 Å². The van der Waals surface area contributed by atoms with E-state index in [1.165, 1.54) is 42.4 Å². The first-order chi connectivity index (χ1) is 14.6. The number of aromatic nitrogens is 1. The molecule has 0 spiro atoms. The quantitative estimate of drug-likeness (QED) is 0.291.